The largest absolute Gasteiger partial charge is 0.316 e. The summed E-state index contributed by atoms with van der Waals surface area (Å²) in [5, 5.41) is 5.72. The van der Waals surface area contributed by atoms with Crippen LogP contribution in [0.2, 0.25) is 5.02 Å². The molecule has 0 saturated carbocycles. The average Bonchev–Trinajstić information content (AvgIpc) is 2.36. The Bertz CT molecular complexity index is 316. The predicted octanol–water partition coefficient (Wildman–Crippen LogP) is 3.99. The van der Waals surface area contributed by atoms with E-state index < -0.39 is 0 Å². The molecule has 0 fully saturated rings. The van der Waals surface area contributed by atoms with Gasteiger partial charge >= 0.3 is 0 Å². The van der Waals surface area contributed by atoms with E-state index in [2.05, 4.69) is 24.1 Å². The Morgan fingerprint density at radius 2 is 2.18 bits per heavy atom. The summed E-state index contributed by atoms with van der Waals surface area (Å²) < 4.78 is 0. The molecule has 0 aromatic carbocycles. The number of nitrogens with zero attached hydrogens (tertiary/aromatic N) is 1. The van der Waals surface area contributed by atoms with Crippen LogP contribution in [0.1, 0.15) is 33.1 Å². The zero-order valence-electron chi connectivity index (χ0n) is 10.7. The van der Waals surface area contributed by atoms with Gasteiger partial charge in [-0.2, -0.15) is 0 Å². The first kappa shape index (κ1) is 14.8. The van der Waals surface area contributed by atoms with Crippen molar-refractivity contribution in [2.75, 3.05) is 7.05 Å². The standard InChI is InChI=1S/C13H21ClN2S/c1-4-6-11(15-3)12(5-2)17-13-8-7-10(14)9-16-13/h7-9,11-12,15H,4-6H2,1-3H3. The van der Waals surface area contributed by atoms with Gasteiger partial charge in [-0.05, 0) is 32.0 Å². The lowest BCUT2D eigenvalue weighted by Crippen LogP contribution is -2.35. The van der Waals surface area contributed by atoms with Crippen LogP contribution in [0, 0.1) is 0 Å². The van der Waals surface area contributed by atoms with Crippen LogP contribution in [-0.4, -0.2) is 23.3 Å². The lowest BCUT2D eigenvalue weighted by molar-refractivity contribution is 0.490. The molecule has 96 valence electrons. The van der Waals surface area contributed by atoms with Crippen LogP contribution in [-0.2, 0) is 0 Å². The minimum atomic E-state index is 0.549. The maximum Gasteiger partial charge on any atom is 0.0964 e. The zero-order valence-corrected chi connectivity index (χ0v) is 12.3. The lowest BCUT2D eigenvalue weighted by Gasteiger charge is -2.24. The Kier molecular flexibility index (Phi) is 6.93. The minimum absolute atomic E-state index is 0.549. The summed E-state index contributed by atoms with van der Waals surface area (Å²) in [6.45, 7) is 4.45. The molecule has 0 radical (unpaired) electrons. The van der Waals surface area contributed by atoms with E-state index in [1.165, 1.54) is 12.8 Å². The third-order valence-electron chi connectivity index (χ3n) is 2.79. The number of nitrogens with one attached hydrogen (secondary N) is 1. The van der Waals surface area contributed by atoms with Gasteiger partial charge in [-0.25, -0.2) is 4.98 Å². The molecule has 4 heteroatoms. The van der Waals surface area contributed by atoms with Crippen LogP contribution in [0.5, 0.6) is 0 Å². The van der Waals surface area contributed by atoms with E-state index >= 15 is 0 Å². The number of aromatic nitrogens is 1. The number of pyridine rings is 1. The fraction of sp³-hybridized carbons (Fsp3) is 0.615. The number of hydrogen-bond acceptors (Lipinski definition) is 3. The molecule has 0 aliphatic rings. The monoisotopic (exact) mass is 272 g/mol. The highest BCUT2D eigenvalue weighted by Crippen LogP contribution is 2.28. The SMILES string of the molecule is CCCC(NC)C(CC)Sc1ccc(Cl)cn1. The van der Waals surface area contributed by atoms with Crippen LogP contribution < -0.4 is 5.32 Å². The molecule has 2 atom stereocenters. The van der Waals surface area contributed by atoms with Gasteiger partial charge in [0.25, 0.3) is 0 Å². The molecule has 0 bridgehead atoms. The van der Waals surface area contributed by atoms with Crippen LogP contribution in [0.4, 0.5) is 0 Å². The van der Waals surface area contributed by atoms with E-state index in [9.17, 15) is 0 Å². The normalized spacial score (nSPS) is 14.6. The van der Waals surface area contributed by atoms with E-state index in [1.807, 2.05) is 30.9 Å². The van der Waals surface area contributed by atoms with E-state index in [1.54, 1.807) is 6.20 Å². The maximum absolute atomic E-state index is 5.84. The van der Waals surface area contributed by atoms with Gasteiger partial charge in [0.2, 0.25) is 0 Å². The number of rotatable bonds is 7. The number of thioether (sulfide) groups is 1. The fourth-order valence-electron chi connectivity index (χ4n) is 1.86. The van der Waals surface area contributed by atoms with Crippen molar-refractivity contribution >= 4 is 23.4 Å². The number of hydrogen-bond donors (Lipinski definition) is 1. The number of halogens is 1. The second kappa shape index (κ2) is 7.96. The van der Waals surface area contributed by atoms with Gasteiger partial charge in [-0.1, -0.05) is 31.9 Å². The van der Waals surface area contributed by atoms with Crippen molar-refractivity contribution in [2.45, 2.75) is 49.4 Å². The van der Waals surface area contributed by atoms with Crippen LogP contribution in [0.15, 0.2) is 23.4 Å². The van der Waals surface area contributed by atoms with Crippen molar-refractivity contribution in [3.05, 3.63) is 23.4 Å². The molecule has 2 unspecified atom stereocenters. The van der Waals surface area contributed by atoms with Crippen molar-refractivity contribution in [3.63, 3.8) is 0 Å². The van der Waals surface area contributed by atoms with Crippen molar-refractivity contribution in [3.8, 4) is 0 Å². The smallest absolute Gasteiger partial charge is 0.0964 e. The second-order valence-corrected chi connectivity index (χ2v) is 5.76. The highest BCUT2D eigenvalue weighted by Gasteiger charge is 2.19. The van der Waals surface area contributed by atoms with Gasteiger partial charge in [0.15, 0.2) is 0 Å². The molecular weight excluding hydrogens is 252 g/mol. The maximum atomic E-state index is 5.84. The third kappa shape index (κ3) is 4.86. The molecule has 2 nitrogen and oxygen atoms in total. The third-order valence-corrected chi connectivity index (χ3v) is 4.47. The molecule has 1 aromatic rings. The summed E-state index contributed by atoms with van der Waals surface area (Å²) in [7, 11) is 2.04. The zero-order chi connectivity index (χ0) is 12.7. The molecule has 0 saturated heterocycles. The molecular formula is C13H21ClN2S. The van der Waals surface area contributed by atoms with Gasteiger partial charge in [0, 0.05) is 17.5 Å². The van der Waals surface area contributed by atoms with Gasteiger partial charge in [0.05, 0.1) is 10.0 Å². The van der Waals surface area contributed by atoms with Crippen molar-refractivity contribution in [1.29, 1.82) is 0 Å². The Morgan fingerprint density at radius 3 is 2.65 bits per heavy atom. The second-order valence-electron chi connectivity index (χ2n) is 4.06. The van der Waals surface area contributed by atoms with Crippen LogP contribution in [0.3, 0.4) is 0 Å². The Balaban J connectivity index is 2.64. The lowest BCUT2D eigenvalue weighted by atomic mass is 10.1. The molecule has 1 rings (SSSR count). The van der Waals surface area contributed by atoms with E-state index in [-0.39, 0.29) is 0 Å². The molecule has 1 N–H and O–H groups in total. The first-order valence-electron chi connectivity index (χ1n) is 6.16. The van der Waals surface area contributed by atoms with E-state index in [0.29, 0.717) is 16.3 Å². The van der Waals surface area contributed by atoms with Gasteiger partial charge < -0.3 is 5.32 Å². The van der Waals surface area contributed by atoms with Crippen LogP contribution in [0.25, 0.3) is 0 Å². The summed E-state index contributed by atoms with van der Waals surface area (Å²) in [4.78, 5) is 4.35. The molecule has 0 amide bonds. The Hall–Kier alpha value is -0.250. The summed E-state index contributed by atoms with van der Waals surface area (Å²) >= 11 is 7.68. The molecule has 1 heterocycles. The average molecular weight is 273 g/mol. The van der Waals surface area contributed by atoms with Crippen LogP contribution >= 0.6 is 23.4 Å². The summed E-state index contributed by atoms with van der Waals surface area (Å²) in [5.41, 5.74) is 0. The predicted molar refractivity (Wildman–Crippen MR) is 76.9 cm³/mol. The molecule has 0 spiro atoms. The molecule has 0 aliphatic carbocycles. The fourth-order valence-corrected chi connectivity index (χ4v) is 3.15. The molecule has 17 heavy (non-hydrogen) atoms. The first-order valence-corrected chi connectivity index (χ1v) is 7.42. The summed E-state index contributed by atoms with van der Waals surface area (Å²) in [6.07, 6.45) is 5.26. The van der Waals surface area contributed by atoms with Gasteiger partial charge in [-0.3, -0.25) is 0 Å². The van der Waals surface area contributed by atoms with E-state index in [4.69, 9.17) is 11.6 Å². The van der Waals surface area contributed by atoms with Gasteiger partial charge in [0.1, 0.15) is 0 Å². The quantitative estimate of drug-likeness (QED) is 0.760. The summed E-state index contributed by atoms with van der Waals surface area (Å²) in [5.74, 6) is 0. The Morgan fingerprint density at radius 1 is 1.41 bits per heavy atom. The summed E-state index contributed by atoms with van der Waals surface area (Å²) in [6, 6.07) is 4.44. The Labute approximate surface area is 114 Å². The van der Waals surface area contributed by atoms with Gasteiger partial charge in [-0.15, -0.1) is 11.8 Å². The van der Waals surface area contributed by atoms with Crippen molar-refractivity contribution < 1.29 is 0 Å². The first-order chi connectivity index (χ1) is 8.21. The van der Waals surface area contributed by atoms with Crippen molar-refractivity contribution in [1.82, 2.24) is 10.3 Å². The highest BCUT2D eigenvalue weighted by molar-refractivity contribution is 7.99. The minimum Gasteiger partial charge on any atom is -0.316 e. The highest BCUT2D eigenvalue weighted by atomic mass is 35.5. The van der Waals surface area contributed by atoms with Crippen molar-refractivity contribution in [2.24, 2.45) is 0 Å². The topological polar surface area (TPSA) is 24.9 Å². The molecule has 1 aromatic heterocycles. The van der Waals surface area contributed by atoms with E-state index in [0.717, 1.165) is 11.4 Å². The molecule has 0 aliphatic heterocycles.